The molecule has 0 aliphatic heterocycles. The number of nitrogens with one attached hydrogen (secondary N) is 1. The second kappa shape index (κ2) is 9.18. The molecule has 0 saturated heterocycles. The minimum absolute atomic E-state index is 0.0427. The van der Waals surface area contributed by atoms with Gasteiger partial charge >= 0.3 is 0 Å². The SMILES string of the molecule is COc1ccc([N+](=O)[O-])c(C=CN(C)C)n1.COc1ccc2[nH]ccc2n1. The van der Waals surface area contributed by atoms with E-state index in [0.717, 1.165) is 11.0 Å². The molecule has 0 bridgehead atoms. The average molecular weight is 371 g/mol. The van der Waals surface area contributed by atoms with Gasteiger partial charge in [-0.05, 0) is 18.2 Å². The van der Waals surface area contributed by atoms with Crippen LogP contribution in [0, 0.1) is 10.1 Å². The monoisotopic (exact) mass is 371 g/mol. The summed E-state index contributed by atoms with van der Waals surface area (Å²) in [7, 11) is 6.72. The van der Waals surface area contributed by atoms with Gasteiger partial charge in [0.25, 0.3) is 5.69 Å². The van der Waals surface area contributed by atoms with Crippen molar-refractivity contribution in [1.29, 1.82) is 0 Å². The Morgan fingerprint density at radius 1 is 1.07 bits per heavy atom. The third-order valence-electron chi connectivity index (χ3n) is 3.40. The van der Waals surface area contributed by atoms with E-state index < -0.39 is 4.92 Å². The van der Waals surface area contributed by atoms with E-state index in [-0.39, 0.29) is 11.4 Å². The van der Waals surface area contributed by atoms with Gasteiger partial charge < -0.3 is 19.4 Å². The molecule has 3 rings (SSSR count). The number of hydrogen-bond acceptors (Lipinski definition) is 7. The van der Waals surface area contributed by atoms with Crippen molar-refractivity contribution in [2.24, 2.45) is 0 Å². The van der Waals surface area contributed by atoms with E-state index in [1.807, 2.05) is 38.5 Å². The van der Waals surface area contributed by atoms with Gasteiger partial charge in [0.15, 0.2) is 0 Å². The molecule has 0 unspecified atom stereocenters. The number of aromatic amines is 1. The highest BCUT2D eigenvalue weighted by Gasteiger charge is 2.13. The second-order valence-electron chi connectivity index (χ2n) is 5.56. The number of methoxy groups -OCH3 is 2. The summed E-state index contributed by atoms with van der Waals surface area (Å²) in [6.07, 6.45) is 5.12. The zero-order valence-electron chi connectivity index (χ0n) is 15.5. The van der Waals surface area contributed by atoms with Crippen molar-refractivity contribution in [3.8, 4) is 11.8 Å². The summed E-state index contributed by atoms with van der Waals surface area (Å²) >= 11 is 0. The maximum absolute atomic E-state index is 10.7. The van der Waals surface area contributed by atoms with Crippen molar-refractivity contribution in [2.45, 2.75) is 0 Å². The second-order valence-corrected chi connectivity index (χ2v) is 5.56. The molecule has 1 N–H and O–H groups in total. The molecule has 3 aromatic rings. The number of aromatic nitrogens is 3. The summed E-state index contributed by atoms with van der Waals surface area (Å²) in [5.74, 6) is 1.00. The van der Waals surface area contributed by atoms with Crippen LogP contribution in [-0.4, -0.2) is 53.1 Å². The van der Waals surface area contributed by atoms with Crippen LogP contribution < -0.4 is 9.47 Å². The summed E-state index contributed by atoms with van der Waals surface area (Å²) in [6.45, 7) is 0. The molecule has 0 atom stereocenters. The molecule has 142 valence electrons. The first kappa shape index (κ1) is 19.7. The molecule has 0 aliphatic rings. The van der Waals surface area contributed by atoms with Crippen LogP contribution >= 0.6 is 0 Å². The molecular formula is C18H21N5O4. The highest BCUT2D eigenvalue weighted by Crippen LogP contribution is 2.21. The minimum atomic E-state index is -0.470. The number of H-pyrrole nitrogens is 1. The van der Waals surface area contributed by atoms with Crippen LogP contribution in [-0.2, 0) is 0 Å². The Morgan fingerprint density at radius 3 is 2.37 bits per heavy atom. The number of nitro groups is 1. The Hall–Kier alpha value is -3.62. The number of nitrogens with zero attached hydrogens (tertiary/aromatic N) is 4. The van der Waals surface area contributed by atoms with E-state index in [0.29, 0.717) is 11.8 Å². The standard InChI is InChI=1S/C10H13N3O3.C8H8N2O/c1-12(2)7-6-8-9(13(14)15)4-5-10(11-8)16-3;1-11-8-3-2-6-7(10-8)4-5-9-6/h4-7H,1-3H3;2-5,9H,1H3. The first-order chi connectivity index (χ1) is 12.9. The number of fused-ring (bicyclic) bond motifs is 1. The van der Waals surface area contributed by atoms with E-state index in [1.54, 1.807) is 24.3 Å². The fraction of sp³-hybridized carbons (Fsp3) is 0.222. The van der Waals surface area contributed by atoms with E-state index in [2.05, 4.69) is 15.0 Å². The van der Waals surface area contributed by atoms with Crippen molar-refractivity contribution in [3.63, 3.8) is 0 Å². The molecule has 9 nitrogen and oxygen atoms in total. The Morgan fingerprint density at radius 2 is 1.74 bits per heavy atom. The van der Waals surface area contributed by atoms with Crippen molar-refractivity contribution in [3.05, 3.63) is 58.5 Å². The van der Waals surface area contributed by atoms with Crippen molar-refractivity contribution in [2.75, 3.05) is 28.3 Å². The lowest BCUT2D eigenvalue weighted by atomic mass is 10.3. The molecule has 3 aromatic heterocycles. The van der Waals surface area contributed by atoms with E-state index in [4.69, 9.17) is 9.47 Å². The maximum atomic E-state index is 10.7. The lowest BCUT2D eigenvalue weighted by Gasteiger charge is -2.04. The topological polar surface area (TPSA) is 106 Å². The molecular weight excluding hydrogens is 350 g/mol. The number of ether oxygens (including phenoxy) is 2. The van der Waals surface area contributed by atoms with Crippen molar-refractivity contribution in [1.82, 2.24) is 19.9 Å². The van der Waals surface area contributed by atoms with Gasteiger partial charge in [0, 0.05) is 44.7 Å². The third-order valence-corrected chi connectivity index (χ3v) is 3.40. The zero-order chi connectivity index (χ0) is 19.8. The highest BCUT2D eigenvalue weighted by atomic mass is 16.6. The van der Waals surface area contributed by atoms with Crippen molar-refractivity contribution >= 4 is 22.8 Å². The van der Waals surface area contributed by atoms with Crippen LogP contribution in [0.5, 0.6) is 11.8 Å². The summed E-state index contributed by atoms with van der Waals surface area (Å²) < 4.78 is 9.88. The van der Waals surface area contributed by atoms with E-state index in [9.17, 15) is 10.1 Å². The third kappa shape index (κ3) is 5.43. The molecule has 27 heavy (non-hydrogen) atoms. The predicted octanol–water partition coefficient (Wildman–Crippen LogP) is 3.10. The normalized spacial score (nSPS) is 10.4. The molecule has 0 saturated carbocycles. The fourth-order valence-corrected chi connectivity index (χ4v) is 2.09. The summed E-state index contributed by atoms with van der Waals surface area (Å²) in [6, 6.07) is 8.53. The number of hydrogen-bond donors (Lipinski definition) is 1. The lowest BCUT2D eigenvalue weighted by Crippen LogP contribution is -2.01. The Bertz CT molecular complexity index is 936. The molecule has 0 aliphatic carbocycles. The molecule has 0 radical (unpaired) electrons. The van der Waals surface area contributed by atoms with Gasteiger partial charge in [-0.25, -0.2) is 9.97 Å². The van der Waals surface area contributed by atoms with E-state index >= 15 is 0 Å². The quantitative estimate of drug-likeness (QED) is 0.542. The van der Waals surface area contributed by atoms with Gasteiger partial charge in [-0.1, -0.05) is 0 Å². The number of rotatable bonds is 5. The molecule has 0 aromatic carbocycles. The minimum Gasteiger partial charge on any atom is -0.481 e. The maximum Gasteiger partial charge on any atom is 0.295 e. The first-order valence-corrected chi connectivity index (χ1v) is 7.96. The molecule has 0 fully saturated rings. The molecule has 0 spiro atoms. The van der Waals surface area contributed by atoms with Gasteiger partial charge in [-0.2, -0.15) is 0 Å². The fourth-order valence-electron chi connectivity index (χ4n) is 2.09. The Kier molecular flexibility index (Phi) is 6.70. The van der Waals surface area contributed by atoms with E-state index in [1.165, 1.54) is 19.2 Å². The summed E-state index contributed by atoms with van der Waals surface area (Å²) in [4.78, 5) is 23.3. The smallest absolute Gasteiger partial charge is 0.295 e. The van der Waals surface area contributed by atoms with Gasteiger partial charge in [0.1, 0.15) is 5.69 Å². The lowest BCUT2D eigenvalue weighted by molar-refractivity contribution is -0.385. The zero-order valence-corrected chi connectivity index (χ0v) is 15.5. The summed E-state index contributed by atoms with van der Waals surface area (Å²) in [5, 5.41) is 10.7. The van der Waals surface area contributed by atoms with Gasteiger partial charge in [0.2, 0.25) is 11.8 Å². The van der Waals surface area contributed by atoms with Gasteiger partial charge in [-0.15, -0.1) is 0 Å². The molecule has 3 heterocycles. The van der Waals surface area contributed by atoms with Crippen molar-refractivity contribution < 1.29 is 14.4 Å². The van der Waals surface area contributed by atoms with Gasteiger partial charge in [-0.3, -0.25) is 10.1 Å². The summed E-state index contributed by atoms with van der Waals surface area (Å²) in [5.41, 5.74) is 2.20. The molecule has 9 heteroatoms. The van der Waals surface area contributed by atoms with Crippen LogP contribution in [0.4, 0.5) is 5.69 Å². The van der Waals surface area contributed by atoms with Crippen LogP contribution in [0.2, 0.25) is 0 Å². The van der Waals surface area contributed by atoms with Crippen LogP contribution in [0.15, 0.2) is 42.7 Å². The Labute approximate surface area is 156 Å². The van der Waals surface area contributed by atoms with Crippen LogP contribution in [0.1, 0.15) is 5.69 Å². The predicted molar refractivity (Wildman–Crippen MR) is 103 cm³/mol. The average Bonchev–Trinajstić information content (AvgIpc) is 3.14. The van der Waals surface area contributed by atoms with Crippen LogP contribution in [0.25, 0.3) is 17.1 Å². The first-order valence-electron chi connectivity index (χ1n) is 7.96. The largest absolute Gasteiger partial charge is 0.481 e. The highest BCUT2D eigenvalue weighted by molar-refractivity contribution is 5.75. The van der Waals surface area contributed by atoms with Crippen LogP contribution in [0.3, 0.4) is 0 Å². The molecule has 0 amide bonds. The Balaban J connectivity index is 0.000000206. The van der Waals surface area contributed by atoms with Gasteiger partial charge in [0.05, 0.1) is 30.2 Å². The number of pyridine rings is 2.